The number of nitrogens with zero attached hydrogens (tertiary/aromatic N) is 1. The van der Waals surface area contributed by atoms with Gasteiger partial charge in [0.25, 0.3) is 0 Å². The molecule has 9 aromatic carbocycles. The van der Waals surface area contributed by atoms with Crippen LogP contribution >= 0.6 is 11.3 Å². The lowest BCUT2D eigenvalue weighted by Crippen LogP contribution is -1.94. The molecule has 0 saturated carbocycles. The highest BCUT2D eigenvalue weighted by Gasteiger charge is 2.16. The Morgan fingerprint density at radius 1 is 0.286 bits per heavy atom. The molecule has 2 heteroatoms. The minimum absolute atomic E-state index is 1.15. The third-order valence-electron chi connectivity index (χ3n) is 11.3. The minimum Gasteiger partial charge on any atom is -0.309 e. The number of aromatic nitrogens is 1. The van der Waals surface area contributed by atoms with E-state index in [2.05, 4.69) is 217 Å². The minimum atomic E-state index is 1.15. The second kappa shape index (κ2) is 13.4. The van der Waals surface area contributed by atoms with Gasteiger partial charge in [-0.1, -0.05) is 170 Å². The highest BCUT2D eigenvalue weighted by atomic mass is 32.1. The molecular weight excluding hydrogens is 695 g/mol. The molecule has 2 aromatic heterocycles. The molecular formula is C54H35NS. The molecule has 0 spiro atoms. The fraction of sp³-hybridized carbons (Fsp3) is 0. The Labute approximate surface area is 330 Å². The first-order valence-corrected chi connectivity index (χ1v) is 20.0. The maximum absolute atomic E-state index is 2.41. The monoisotopic (exact) mass is 729 g/mol. The van der Waals surface area contributed by atoms with Crippen molar-refractivity contribution in [1.29, 1.82) is 0 Å². The molecule has 262 valence electrons. The van der Waals surface area contributed by atoms with Crippen LogP contribution in [0.5, 0.6) is 0 Å². The lowest BCUT2D eigenvalue weighted by atomic mass is 9.97. The number of benzene rings is 9. The zero-order valence-corrected chi connectivity index (χ0v) is 31.4. The second-order valence-corrected chi connectivity index (χ2v) is 15.6. The highest BCUT2D eigenvalue weighted by Crippen LogP contribution is 2.41. The molecule has 0 aliphatic heterocycles. The molecule has 0 radical (unpaired) electrons. The molecule has 11 rings (SSSR count). The zero-order chi connectivity index (χ0) is 37.0. The van der Waals surface area contributed by atoms with Crippen LogP contribution in [0.25, 0.3) is 103 Å². The summed E-state index contributed by atoms with van der Waals surface area (Å²) in [4.78, 5) is 0. The predicted molar refractivity (Wildman–Crippen MR) is 241 cm³/mol. The van der Waals surface area contributed by atoms with Crippen LogP contribution in [0.4, 0.5) is 0 Å². The topological polar surface area (TPSA) is 4.93 Å². The van der Waals surface area contributed by atoms with Crippen LogP contribution in [-0.4, -0.2) is 4.57 Å². The fourth-order valence-corrected chi connectivity index (χ4v) is 9.63. The van der Waals surface area contributed by atoms with E-state index in [1.165, 1.54) is 97.6 Å². The molecule has 1 nitrogen and oxygen atoms in total. The summed E-state index contributed by atoms with van der Waals surface area (Å²) in [7, 11) is 0. The van der Waals surface area contributed by atoms with E-state index in [4.69, 9.17) is 0 Å². The maximum Gasteiger partial charge on any atom is 0.0541 e. The van der Waals surface area contributed by atoms with Crippen LogP contribution in [0, 0.1) is 0 Å². The van der Waals surface area contributed by atoms with Crippen LogP contribution in [-0.2, 0) is 0 Å². The van der Waals surface area contributed by atoms with Crippen molar-refractivity contribution in [2.75, 3.05) is 0 Å². The standard InChI is InChI=1S/C54H35NS/c1-3-10-36(11-4-1)43-28-32-51-49(34-43)50-35-44(37-12-5-2-6-13-37)29-33-52(50)55(51)45-30-26-41(27-31-45)39-20-18-38(19-21-39)40-22-24-42(25-23-40)46-15-9-16-48-47-14-7-8-17-53(47)56-54(46)48/h1-35H. The van der Waals surface area contributed by atoms with Gasteiger partial charge in [0.05, 0.1) is 11.0 Å². The molecule has 56 heavy (non-hydrogen) atoms. The van der Waals surface area contributed by atoms with Gasteiger partial charge in [0.2, 0.25) is 0 Å². The summed E-state index contributed by atoms with van der Waals surface area (Å²) in [5, 5.41) is 5.18. The van der Waals surface area contributed by atoms with Gasteiger partial charge >= 0.3 is 0 Å². The van der Waals surface area contributed by atoms with E-state index in [9.17, 15) is 0 Å². The molecule has 0 aliphatic carbocycles. The SMILES string of the molecule is c1ccc(-c2ccc3c(c2)c2cc(-c4ccccc4)ccc2n3-c2ccc(-c3ccc(-c4ccc(-c5cccc6c5sc5ccccc56)cc4)cc3)cc2)cc1. The molecule has 2 heterocycles. The van der Waals surface area contributed by atoms with Gasteiger partial charge in [-0.05, 0) is 98.1 Å². The normalized spacial score (nSPS) is 11.6. The second-order valence-electron chi connectivity index (χ2n) is 14.5. The summed E-state index contributed by atoms with van der Waals surface area (Å²) >= 11 is 1.88. The number of hydrogen-bond acceptors (Lipinski definition) is 1. The molecule has 0 aliphatic rings. The third kappa shape index (κ3) is 5.54. The number of fused-ring (bicyclic) bond motifs is 6. The molecule has 11 aromatic rings. The van der Waals surface area contributed by atoms with Gasteiger partial charge in [0, 0.05) is 36.6 Å². The summed E-state index contributed by atoms with van der Waals surface area (Å²) in [5.74, 6) is 0. The van der Waals surface area contributed by atoms with E-state index in [-0.39, 0.29) is 0 Å². The van der Waals surface area contributed by atoms with Gasteiger partial charge in [-0.3, -0.25) is 0 Å². The largest absolute Gasteiger partial charge is 0.309 e. The van der Waals surface area contributed by atoms with Crippen molar-refractivity contribution in [2.45, 2.75) is 0 Å². The molecule has 0 N–H and O–H groups in total. The lowest BCUT2D eigenvalue weighted by Gasteiger charge is -2.11. The maximum atomic E-state index is 2.41. The molecule has 0 atom stereocenters. The number of hydrogen-bond donors (Lipinski definition) is 0. The van der Waals surface area contributed by atoms with Gasteiger partial charge in [0.15, 0.2) is 0 Å². The summed E-state index contributed by atoms with van der Waals surface area (Å²) in [5.41, 5.74) is 15.8. The zero-order valence-electron chi connectivity index (χ0n) is 30.6. The van der Waals surface area contributed by atoms with Crippen molar-refractivity contribution >= 4 is 53.3 Å². The molecule has 0 bridgehead atoms. The van der Waals surface area contributed by atoms with E-state index >= 15 is 0 Å². The Balaban J connectivity index is 0.908. The molecule has 0 unspecified atom stereocenters. The Kier molecular flexibility index (Phi) is 7.75. The third-order valence-corrected chi connectivity index (χ3v) is 12.5. The average Bonchev–Trinajstić information content (AvgIpc) is 3.82. The van der Waals surface area contributed by atoms with Crippen molar-refractivity contribution in [3.8, 4) is 61.3 Å². The first-order valence-electron chi connectivity index (χ1n) is 19.2. The lowest BCUT2D eigenvalue weighted by molar-refractivity contribution is 1.18. The summed E-state index contributed by atoms with van der Waals surface area (Å²) in [6, 6.07) is 77.5. The van der Waals surface area contributed by atoms with E-state index in [1.54, 1.807) is 0 Å². The van der Waals surface area contributed by atoms with Crippen molar-refractivity contribution in [3.63, 3.8) is 0 Å². The first kappa shape index (κ1) is 32.4. The van der Waals surface area contributed by atoms with E-state index in [0.717, 1.165) is 5.69 Å². The molecule has 0 fully saturated rings. The van der Waals surface area contributed by atoms with Crippen molar-refractivity contribution < 1.29 is 0 Å². The van der Waals surface area contributed by atoms with Gasteiger partial charge in [0.1, 0.15) is 0 Å². The summed E-state index contributed by atoms with van der Waals surface area (Å²) in [6.07, 6.45) is 0. The Morgan fingerprint density at radius 2 is 0.714 bits per heavy atom. The van der Waals surface area contributed by atoms with Gasteiger partial charge < -0.3 is 4.57 Å². The Morgan fingerprint density at radius 3 is 1.27 bits per heavy atom. The van der Waals surface area contributed by atoms with Crippen LogP contribution in [0.2, 0.25) is 0 Å². The summed E-state index contributed by atoms with van der Waals surface area (Å²) in [6.45, 7) is 0. The van der Waals surface area contributed by atoms with E-state index < -0.39 is 0 Å². The predicted octanol–water partition coefficient (Wildman–Crippen LogP) is 15.5. The quantitative estimate of drug-likeness (QED) is 0.161. The van der Waals surface area contributed by atoms with Gasteiger partial charge in [-0.15, -0.1) is 11.3 Å². The van der Waals surface area contributed by atoms with Crippen LogP contribution in [0.1, 0.15) is 0 Å². The molecule has 0 saturated heterocycles. The summed E-state index contributed by atoms with van der Waals surface area (Å²) < 4.78 is 5.10. The van der Waals surface area contributed by atoms with Gasteiger partial charge in [-0.25, -0.2) is 0 Å². The van der Waals surface area contributed by atoms with Crippen LogP contribution < -0.4 is 0 Å². The van der Waals surface area contributed by atoms with Crippen LogP contribution in [0.3, 0.4) is 0 Å². The molecule has 0 amide bonds. The highest BCUT2D eigenvalue weighted by molar-refractivity contribution is 7.26. The van der Waals surface area contributed by atoms with Crippen molar-refractivity contribution in [2.24, 2.45) is 0 Å². The first-order chi connectivity index (χ1) is 27.7. The Hall–Kier alpha value is -7.00. The fourth-order valence-electron chi connectivity index (χ4n) is 8.40. The van der Waals surface area contributed by atoms with E-state index in [1.807, 2.05) is 11.3 Å². The van der Waals surface area contributed by atoms with E-state index in [0.29, 0.717) is 0 Å². The smallest absolute Gasteiger partial charge is 0.0541 e. The van der Waals surface area contributed by atoms with Gasteiger partial charge in [-0.2, -0.15) is 0 Å². The number of rotatable bonds is 6. The average molecular weight is 730 g/mol. The van der Waals surface area contributed by atoms with Crippen molar-refractivity contribution in [3.05, 3.63) is 212 Å². The van der Waals surface area contributed by atoms with Crippen LogP contribution in [0.15, 0.2) is 212 Å². The van der Waals surface area contributed by atoms with Crippen molar-refractivity contribution in [1.82, 2.24) is 4.57 Å². The Bertz CT molecular complexity index is 3090. The number of thiophene rings is 1.